The Balaban J connectivity index is 1.80. The normalized spacial score (nSPS) is 17.7. The van der Waals surface area contributed by atoms with Gasteiger partial charge < -0.3 is 4.57 Å². The molecule has 25 heavy (non-hydrogen) atoms. The number of nitrogens with zero attached hydrogens (tertiary/aromatic N) is 1. The highest BCUT2D eigenvalue weighted by Gasteiger charge is 2.29. The smallest absolute Gasteiger partial charge is 0.250 e. The summed E-state index contributed by atoms with van der Waals surface area (Å²) in [7, 11) is 0. The summed E-state index contributed by atoms with van der Waals surface area (Å²) >= 11 is 6.47. The van der Waals surface area contributed by atoms with Crippen molar-refractivity contribution < 1.29 is 9.59 Å². The van der Waals surface area contributed by atoms with E-state index in [-0.39, 0.29) is 17.4 Å². The van der Waals surface area contributed by atoms with Crippen molar-refractivity contribution in [1.82, 2.24) is 9.88 Å². The molecule has 1 aromatic heterocycles. The molecule has 1 saturated heterocycles. The molecule has 0 saturated carbocycles. The molecule has 6 heteroatoms. The van der Waals surface area contributed by atoms with Crippen LogP contribution in [-0.2, 0) is 16.1 Å². The van der Waals surface area contributed by atoms with Crippen LogP contribution in [-0.4, -0.2) is 16.4 Å². The highest BCUT2D eigenvalue weighted by molar-refractivity contribution is 6.33. The summed E-state index contributed by atoms with van der Waals surface area (Å²) in [5, 5.41) is 2.85. The van der Waals surface area contributed by atoms with Crippen LogP contribution in [0.1, 0.15) is 29.9 Å². The van der Waals surface area contributed by atoms with Gasteiger partial charge in [0.25, 0.3) is 5.56 Å². The van der Waals surface area contributed by atoms with Gasteiger partial charge in [0, 0.05) is 25.2 Å². The minimum Gasteiger partial charge on any atom is -0.312 e. The molecule has 1 aliphatic heterocycles. The van der Waals surface area contributed by atoms with Gasteiger partial charge in [0.05, 0.1) is 10.9 Å². The van der Waals surface area contributed by atoms with Crippen molar-refractivity contribution in [3.8, 4) is 0 Å². The number of piperidine rings is 1. The molecule has 2 amide bonds. The van der Waals surface area contributed by atoms with Gasteiger partial charge >= 0.3 is 0 Å². The van der Waals surface area contributed by atoms with Crippen molar-refractivity contribution in [3.05, 3.63) is 75.2 Å². The molecule has 128 valence electrons. The third kappa shape index (κ3) is 3.88. The van der Waals surface area contributed by atoms with Crippen molar-refractivity contribution in [3.63, 3.8) is 0 Å². The lowest BCUT2D eigenvalue weighted by molar-refractivity contribution is -0.134. The predicted octanol–water partition coefficient (Wildman–Crippen LogP) is 2.74. The zero-order chi connectivity index (χ0) is 17.8. The number of carbonyl (C=O) groups is 2. The van der Waals surface area contributed by atoms with Crippen LogP contribution < -0.4 is 10.9 Å². The minimum atomic E-state index is -0.421. The van der Waals surface area contributed by atoms with Crippen molar-refractivity contribution in [2.24, 2.45) is 0 Å². The molecule has 5 nitrogen and oxygen atoms in total. The van der Waals surface area contributed by atoms with Crippen molar-refractivity contribution in [1.29, 1.82) is 0 Å². The number of nitrogens with one attached hydrogen (secondary N) is 1. The van der Waals surface area contributed by atoms with E-state index in [1.54, 1.807) is 29.0 Å². The molecule has 3 rings (SSSR count). The average molecular weight is 357 g/mol. The Kier molecular flexibility index (Phi) is 5.14. The summed E-state index contributed by atoms with van der Waals surface area (Å²) in [6, 6.07) is 10.5. The number of imide groups is 1. The van der Waals surface area contributed by atoms with Crippen molar-refractivity contribution in [2.45, 2.75) is 25.3 Å². The number of amides is 2. The van der Waals surface area contributed by atoms with Crippen LogP contribution in [0.4, 0.5) is 0 Å². The molecule has 1 aromatic carbocycles. The van der Waals surface area contributed by atoms with Gasteiger partial charge in [-0.25, -0.2) is 0 Å². The number of allylic oxidation sites excluding steroid dienone is 1. The van der Waals surface area contributed by atoms with Crippen molar-refractivity contribution in [2.75, 3.05) is 0 Å². The van der Waals surface area contributed by atoms with Gasteiger partial charge in [-0.1, -0.05) is 48.0 Å². The predicted molar refractivity (Wildman–Crippen MR) is 96.3 cm³/mol. The number of halogens is 1. The van der Waals surface area contributed by atoms with E-state index in [9.17, 15) is 14.4 Å². The van der Waals surface area contributed by atoms with E-state index >= 15 is 0 Å². The number of pyridine rings is 1. The van der Waals surface area contributed by atoms with Crippen LogP contribution in [0.2, 0.25) is 5.02 Å². The molecule has 1 unspecified atom stereocenters. The maximum atomic E-state index is 12.1. The van der Waals surface area contributed by atoms with Crippen LogP contribution in [0.25, 0.3) is 6.08 Å². The first-order valence-electron chi connectivity index (χ1n) is 8.00. The molecule has 1 N–H and O–H groups in total. The maximum Gasteiger partial charge on any atom is 0.250 e. The molecule has 1 atom stereocenters. The fourth-order valence-corrected chi connectivity index (χ4v) is 3.18. The summed E-state index contributed by atoms with van der Waals surface area (Å²) in [6.45, 7) is 0.429. The Labute approximate surface area is 149 Å². The highest BCUT2D eigenvalue weighted by Crippen LogP contribution is 2.33. The molecule has 0 radical (unpaired) electrons. The molecule has 1 fully saturated rings. The van der Waals surface area contributed by atoms with Crippen molar-refractivity contribution >= 4 is 29.5 Å². The first-order valence-corrected chi connectivity index (χ1v) is 8.38. The topological polar surface area (TPSA) is 68.2 Å². The number of hydrogen-bond donors (Lipinski definition) is 1. The summed E-state index contributed by atoms with van der Waals surface area (Å²) in [5.41, 5.74) is 1.41. The van der Waals surface area contributed by atoms with Gasteiger partial charge in [0.2, 0.25) is 11.8 Å². The second-order valence-electron chi connectivity index (χ2n) is 5.85. The lowest BCUT2D eigenvalue weighted by atomic mass is 9.89. The Morgan fingerprint density at radius 1 is 1.16 bits per heavy atom. The third-order valence-corrected chi connectivity index (χ3v) is 4.61. The Morgan fingerprint density at radius 2 is 2.00 bits per heavy atom. The fraction of sp³-hybridized carbons (Fsp3) is 0.211. The van der Waals surface area contributed by atoms with Gasteiger partial charge in [0.15, 0.2) is 0 Å². The highest BCUT2D eigenvalue weighted by atomic mass is 35.5. The first-order chi connectivity index (χ1) is 12.1. The van der Waals surface area contributed by atoms with Crippen LogP contribution >= 0.6 is 11.6 Å². The van der Waals surface area contributed by atoms with Gasteiger partial charge in [-0.05, 0) is 23.6 Å². The SMILES string of the molecule is O=C1CCC(c2cccc(C=CCn3ccccc3=O)c2Cl)C(=O)N1. The molecule has 2 aromatic rings. The van der Waals surface area contributed by atoms with Gasteiger partial charge in [-0.15, -0.1) is 0 Å². The molecule has 0 spiro atoms. The number of hydrogen-bond acceptors (Lipinski definition) is 3. The summed E-state index contributed by atoms with van der Waals surface area (Å²) in [4.78, 5) is 35.0. The van der Waals surface area contributed by atoms with E-state index < -0.39 is 5.92 Å². The molecular weight excluding hydrogens is 340 g/mol. The monoisotopic (exact) mass is 356 g/mol. The standard InChI is InChI=1S/C19H17ClN2O3/c20-18-13(6-4-12-22-11-2-1-8-17(22)24)5-3-7-14(18)15-9-10-16(23)21-19(15)25/h1-8,11,15H,9-10,12H2,(H,21,23,25). The Bertz CT molecular complexity index is 902. The van der Waals surface area contributed by atoms with E-state index in [1.165, 1.54) is 6.07 Å². The molecule has 2 heterocycles. The second kappa shape index (κ2) is 7.49. The molecule has 0 bridgehead atoms. The lowest BCUT2D eigenvalue weighted by Crippen LogP contribution is -2.39. The summed E-state index contributed by atoms with van der Waals surface area (Å²) in [6.07, 6.45) is 6.16. The van der Waals surface area contributed by atoms with Crippen LogP contribution in [0, 0.1) is 0 Å². The number of aromatic nitrogens is 1. The second-order valence-corrected chi connectivity index (χ2v) is 6.23. The third-order valence-electron chi connectivity index (χ3n) is 4.17. The zero-order valence-corrected chi connectivity index (χ0v) is 14.2. The van der Waals surface area contributed by atoms with E-state index in [1.807, 2.05) is 24.3 Å². The lowest BCUT2D eigenvalue weighted by Gasteiger charge is -2.22. The summed E-state index contributed by atoms with van der Waals surface area (Å²) < 4.78 is 1.58. The molecular formula is C19H17ClN2O3. The number of carbonyl (C=O) groups excluding carboxylic acids is 2. The molecule has 1 aliphatic rings. The summed E-state index contributed by atoms with van der Waals surface area (Å²) in [5.74, 6) is -0.980. The Morgan fingerprint density at radius 3 is 2.76 bits per heavy atom. The van der Waals surface area contributed by atoms with E-state index in [4.69, 9.17) is 11.6 Å². The number of benzene rings is 1. The number of rotatable bonds is 4. The average Bonchev–Trinajstić information content (AvgIpc) is 2.59. The minimum absolute atomic E-state index is 0.0736. The van der Waals surface area contributed by atoms with E-state index in [0.717, 1.165) is 5.56 Å². The van der Waals surface area contributed by atoms with E-state index in [2.05, 4.69) is 5.32 Å². The van der Waals surface area contributed by atoms with Gasteiger partial charge in [-0.3, -0.25) is 19.7 Å². The van der Waals surface area contributed by atoms with Crippen LogP contribution in [0.5, 0.6) is 0 Å². The van der Waals surface area contributed by atoms with Crippen LogP contribution in [0.15, 0.2) is 53.5 Å². The van der Waals surface area contributed by atoms with Gasteiger partial charge in [0.1, 0.15) is 0 Å². The van der Waals surface area contributed by atoms with Gasteiger partial charge in [-0.2, -0.15) is 0 Å². The fourth-order valence-electron chi connectivity index (χ4n) is 2.86. The first kappa shape index (κ1) is 17.2. The van der Waals surface area contributed by atoms with E-state index in [0.29, 0.717) is 30.0 Å². The maximum absolute atomic E-state index is 12.1. The van der Waals surface area contributed by atoms with Crippen LogP contribution in [0.3, 0.4) is 0 Å². The quantitative estimate of drug-likeness (QED) is 0.856. The zero-order valence-electron chi connectivity index (χ0n) is 13.4. The molecule has 0 aliphatic carbocycles. The Hall–Kier alpha value is -2.66. The largest absolute Gasteiger partial charge is 0.312 e.